The van der Waals surface area contributed by atoms with Gasteiger partial charge >= 0.3 is 0 Å². The summed E-state index contributed by atoms with van der Waals surface area (Å²) in [6, 6.07) is 6.76. The lowest BCUT2D eigenvalue weighted by Gasteiger charge is -2.16. The maximum atomic E-state index is 12.1. The van der Waals surface area contributed by atoms with Crippen LogP contribution in [0.25, 0.3) is 0 Å². The van der Waals surface area contributed by atoms with Gasteiger partial charge in [-0.05, 0) is 35.1 Å². The average Bonchev–Trinajstić information content (AvgIpc) is 2.36. The fraction of sp³-hybridized carbons (Fsp3) is 0.500. The topological polar surface area (TPSA) is 58.6 Å². The first-order chi connectivity index (χ1) is 8.97. The number of rotatable bonds is 8. The van der Waals surface area contributed by atoms with Gasteiger partial charge in [0.05, 0.1) is 11.5 Å². The molecular formula is C12H19BrN2O3S. The number of likely N-dealkylation sites (N-methyl/N-ethyl adjacent to an activating group) is 1. The summed E-state index contributed by atoms with van der Waals surface area (Å²) in [5.74, 6) is 0. The summed E-state index contributed by atoms with van der Waals surface area (Å²) in [6.07, 6.45) is 0. The predicted molar refractivity (Wildman–Crippen MR) is 78.7 cm³/mol. The third-order valence-corrected chi connectivity index (χ3v) is 5.06. The SMILES string of the molecule is COCCN(C)CCNS(=O)(=O)c1ccccc1Br. The molecule has 0 bridgehead atoms. The number of halogens is 1. The number of nitrogens with one attached hydrogen (secondary N) is 1. The van der Waals surface area contributed by atoms with Gasteiger partial charge in [0, 0.05) is 31.2 Å². The van der Waals surface area contributed by atoms with Crippen LogP contribution in [0.1, 0.15) is 0 Å². The minimum atomic E-state index is -3.46. The number of nitrogens with zero attached hydrogens (tertiary/aromatic N) is 1. The predicted octanol–water partition coefficient (Wildman–Crippen LogP) is 1.31. The van der Waals surface area contributed by atoms with Crippen LogP contribution < -0.4 is 4.72 Å². The molecule has 0 radical (unpaired) electrons. The minimum Gasteiger partial charge on any atom is -0.383 e. The van der Waals surface area contributed by atoms with Gasteiger partial charge in [0.15, 0.2) is 0 Å². The summed E-state index contributed by atoms with van der Waals surface area (Å²) in [6.45, 7) is 2.40. The van der Waals surface area contributed by atoms with Crippen molar-refractivity contribution in [3.8, 4) is 0 Å². The van der Waals surface area contributed by atoms with Crippen molar-refractivity contribution in [1.29, 1.82) is 0 Å². The standard InChI is InChI=1S/C12H19BrN2O3S/c1-15(9-10-18-2)8-7-14-19(16,17)12-6-4-3-5-11(12)13/h3-6,14H,7-10H2,1-2H3. The number of hydrogen-bond donors (Lipinski definition) is 1. The van der Waals surface area contributed by atoms with Crippen molar-refractivity contribution in [1.82, 2.24) is 9.62 Å². The lowest BCUT2D eigenvalue weighted by Crippen LogP contribution is -2.34. The van der Waals surface area contributed by atoms with E-state index in [1.807, 2.05) is 11.9 Å². The number of methoxy groups -OCH3 is 1. The summed E-state index contributed by atoms with van der Waals surface area (Å²) in [4.78, 5) is 2.26. The Labute approximate surface area is 123 Å². The van der Waals surface area contributed by atoms with E-state index in [0.717, 1.165) is 6.54 Å². The van der Waals surface area contributed by atoms with Gasteiger partial charge < -0.3 is 9.64 Å². The molecule has 1 aromatic rings. The van der Waals surface area contributed by atoms with E-state index in [9.17, 15) is 8.42 Å². The average molecular weight is 351 g/mol. The molecule has 0 spiro atoms. The number of ether oxygens (including phenoxy) is 1. The van der Waals surface area contributed by atoms with E-state index in [-0.39, 0.29) is 4.90 Å². The van der Waals surface area contributed by atoms with Gasteiger partial charge in [0.25, 0.3) is 0 Å². The van der Waals surface area contributed by atoms with Crippen LogP contribution >= 0.6 is 15.9 Å². The van der Waals surface area contributed by atoms with Crippen molar-refractivity contribution in [3.05, 3.63) is 28.7 Å². The highest BCUT2D eigenvalue weighted by Crippen LogP contribution is 2.20. The largest absolute Gasteiger partial charge is 0.383 e. The van der Waals surface area contributed by atoms with Gasteiger partial charge in [-0.2, -0.15) is 0 Å². The molecule has 19 heavy (non-hydrogen) atoms. The molecule has 0 aliphatic rings. The Morgan fingerprint density at radius 2 is 2.00 bits per heavy atom. The summed E-state index contributed by atoms with van der Waals surface area (Å²) in [7, 11) is 0.103. The molecule has 0 saturated heterocycles. The van der Waals surface area contributed by atoms with Crippen LogP contribution in [-0.4, -0.2) is 53.7 Å². The van der Waals surface area contributed by atoms with Crippen molar-refractivity contribution in [3.63, 3.8) is 0 Å². The van der Waals surface area contributed by atoms with Crippen molar-refractivity contribution >= 4 is 26.0 Å². The highest BCUT2D eigenvalue weighted by molar-refractivity contribution is 9.10. The van der Waals surface area contributed by atoms with E-state index in [2.05, 4.69) is 20.7 Å². The van der Waals surface area contributed by atoms with E-state index in [1.54, 1.807) is 31.4 Å². The summed E-state index contributed by atoms with van der Waals surface area (Å²) < 4.78 is 32.2. The van der Waals surface area contributed by atoms with Gasteiger partial charge in [-0.1, -0.05) is 12.1 Å². The van der Waals surface area contributed by atoms with Crippen LogP contribution in [0.2, 0.25) is 0 Å². The van der Waals surface area contributed by atoms with Crippen molar-refractivity contribution in [2.45, 2.75) is 4.90 Å². The lowest BCUT2D eigenvalue weighted by molar-refractivity contribution is 0.162. The Morgan fingerprint density at radius 3 is 2.63 bits per heavy atom. The van der Waals surface area contributed by atoms with Crippen LogP contribution in [0.5, 0.6) is 0 Å². The van der Waals surface area contributed by atoms with Crippen molar-refractivity contribution in [2.24, 2.45) is 0 Å². The number of hydrogen-bond acceptors (Lipinski definition) is 4. The Morgan fingerprint density at radius 1 is 1.32 bits per heavy atom. The maximum absolute atomic E-state index is 12.1. The molecule has 0 unspecified atom stereocenters. The second-order valence-corrected chi connectivity index (χ2v) is 6.71. The molecule has 0 aliphatic heterocycles. The molecule has 0 amide bonds. The first-order valence-corrected chi connectivity index (χ1v) is 8.16. The molecule has 0 aliphatic carbocycles. The van der Waals surface area contributed by atoms with Gasteiger partial charge in [-0.15, -0.1) is 0 Å². The summed E-state index contributed by atoms with van der Waals surface area (Å²) in [5, 5.41) is 0. The monoisotopic (exact) mass is 350 g/mol. The van der Waals surface area contributed by atoms with Crippen molar-refractivity contribution in [2.75, 3.05) is 40.4 Å². The van der Waals surface area contributed by atoms with E-state index >= 15 is 0 Å². The first kappa shape index (κ1) is 16.6. The molecule has 0 fully saturated rings. The Hall–Kier alpha value is -0.470. The van der Waals surface area contributed by atoms with Crippen LogP contribution in [0.3, 0.4) is 0 Å². The van der Waals surface area contributed by atoms with Crippen LogP contribution in [0.4, 0.5) is 0 Å². The minimum absolute atomic E-state index is 0.259. The van der Waals surface area contributed by atoms with Crippen LogP contribution in [0, 0.1) is 0 Å². The molecular weight excluding hydrogens is 332 g/mol. The molecule has 0 aromatic heterocycles. The molecule has 1 aromatic carbocycles. The van der Waals surface area contributed by atoms with E-state index < -0.39 is 10.0 Å². The first-order valence-electron chi connectivity index (χ1n) is 5.89. The molecule has 1 N–H and O–H groups in total. The summed E-state index contributed by atoms with van der Waals surface area (Å²) >= 11 is 3.24. The molecule has 1 rings (SSSR count). The van der Waals surface area contributed by atoms with Gasteiger partial charge in [0.2, 0.25) is 10.0 Å². The van der Waals surface area contributed by atoms with E-state index in [1.165, 1.54) is 0 Å². The molecule has 0 heterocycles. The Balaban J connectivity index is 2.51. The molecule has 0 atom stereocenters. The fourth-order valence-corrected chi connectivity index (χ4v) is 3.49. The summed E-state index contributed by atoms with van der Waals surface area (Å²) in [5.41, 5.74) is 0. The maximum Gasteiger partial charge on any atom is 0.241 e. The van der Waals surface area contributed by atoms with Crippen molar-refractivity contribution < 1.29 is 13.2 Å². The molecule has 7 heteroatoms. The zero-order valence-electron chi connectivity index (χ0n) is 11.1. The zero-order chi connectivity index (χ0) is 14.3. The van der Waals surface area contributed by atoms with E-state index in [0.29, 0.717) is 24.2 Å². The third kappa shape index (κ3) is 5.58. The van der Waals surface area contributed by atoms with Crippen LogP contribution in [0.15, 0.2) is 33.6 Å². The third-order valence-electron chi connectivity index (χ3n) is 2.59. The molecule has 0 saturated carbocycles. The second-order valence-electron chi connectivity index (χ2n) is 4.12. The normalized spacial score (nSPS) is 12.0. The highest BCUT2D eigenvalue weighted by atomic mass is 79.9. The highest BCUT2D eigenvalue weighted by Gasteiger charge is 2.16. The molecule has 108 valence electrons. The zero-order valence-corrected chi connectivity index (χ0v) is 13.5. The van der Waals surface area contributed by atoms with Gasteiger partial charge in [-0.25, -0.2) is 13.1 Å². The Bertz CT molecular complexity index is 494. The second kappa shape index (κ2) is 7.96. The number of benzene rings is 1. The molecule has 5 nitrogen and oxygen atoms in total. The fourth-order valence-electron chi connectivity index (χ4n) is 1.47. The quantitative estimate of drug-likeness (QED) is 0.767. The lowest BCUT2D eigenvalue weighted by atomic mass is 10.4. The Kier molecular flexibility index (Phi) is 6.95. The smallest absolute Gasteiger partial charge is 0.241 e. The van der Waals surface area contributed by atoms with Gasteiger partial charge in [-0.3, -0.25) is 0 Å². The van der Waals surface area contributed by atoms with Crippen LogP contribution in [-0.2, 0) is 14.8 Å². The van der Waals surface area contributed by atoms with E-state index in [4.69, 9.17) is 4.74 Å². The number of sulfonamides is 1. The van der Waals surface area contributed by atoms with Gasteiger partial charge in [0.1, 0.15) is 0 Å².